The van der Waals surface area contributed by atoms with E-state index in [0.29, 0.717) is 5.13 Å². The summed E-state index contributed by atoms with van der Waals surface area (Å²) in [6.07, 6.45) is 0.573. The van der Waals surface area contributed by atoms with Crippen molar-refractivity contribution < 1.29 is 48.3 Å². The molecule has 1 aliphatic carbocycles. The van der Waals surface area contributed by atoms with Gasteiger partial charge >= 0.3 is 11.9 Å². The second-order valence-corrected chi connectivity index (χ2v) is 20.6. The van der Waals surface area contributed by atoms with Gasteiger partial charge in [0.15, 0.2) is 22.3 Å². The lowest BCUT2D eigenvalue weighted by molar-refractivity contribution is -0.172. The Morgan fingerprint density at radius 3 is 1.94 bits per heavy atom. The number of phenols is 2. The molecule has 4 atom stereocenters. The van der Waals surface area contributed by atoms with Gasteiger partial charge in [-0.3, -0.25) is 23.5 Å². The van der Waals surface area contributed by atoms with Crippen LogP contribution in [0.25, 0.3) is 0 Å². The van der Waals surface area contributed by atoms with Gasteiger partial charge in [0.25, 0.3) is 5.91 Å². The highest BCUT2D eigenvalue weighted by Gasteiger charge is 2.61. The number of carboxylic acids is 1. The number of oxime groups is 1. The van der Waals surface area contributed by atoms with Gasteiger partial charge in [-0.25, -0.2) is 9.78 Å². The number of hydrogen-bond acceptors (Lipinski definition) is 14. The van der Waals surface area contributed by atoms with E-state index in [1.807, 2.05) is 95.9 Å². The number of nitrogens with one attached hydrogen (secondary N) is 2. The zero-order valence-electron chi connectivity index (χ0n) is 36.3. The van der Waals surface area contributed by atoms with Crippen LogP contribution in [-0.2, 0) is 58.2 Å². The lowest BCUT2D eigenvalue weighted by Gasteiger charge is -2.53. The molecule has 1 aromatic heterocycles. The third-order valence-corrected chi connectivity index (χ3v) is 15.0. The molecule has 5 aromatic rings. The number of carbonyl (C=O) groups excluding carboxylic acids is 3. The molecule has 4 aromatic carbocycles. The smallest absolute Gasteiger partial charge is 0.353 e. The standard InChI is InChI=1S/C48H48N6O10S2/c1-45(2,3)63-43(61)47(19-20-47)64-52-37(34-25-65-44(49-34)51-48(31-13-7-4-8-14-31,32-15-9-5-10-16-32)33-17-11-6-12-18-33)39(57)50-38-40(58)54-27-46(42(59)60,28-66(62)41(38)54)26-53-23-29-21-35(55)36(56)22-30(29)24-53/h4-18,21-22,25,38,41,55-56H,19-20,23-24,26-28H2,1-3H3,(H,49,51)(H,50,57)(H,59,60)/t38?,41-,46?,66?/m1/s1. The molecule has 5 N–H and O–H groups in total. The van der Waals surface area contributed by atoms with Crippen LogP contribution in [0.2, 0.25) is 0 Å². The molecule has 342 valence electrons. The Bertz CT molecular complexity index is 2630. The van der Waals surface area contributed by atoms with Crippen molar-refractivity contribution in [3.63, 3.8) is 0 Å². The van der Waals surface area contributed by atoms with Gasteiger partial charge in [0.05, 0.1) is 0 Å². The molecule has 3 aliphatic heterocycles. The van der Waals surface area contributed by atoms with Crippen molar-refractivity contribution in [1.82, 2.24) is 20.1 Å². The van der Waals surface area contributed by atoms with Gasteiger partial charge in [0.1, 0.15) is 33.7 Å². The van der Waals surface area contributed by atoms with Gasteiger partial charge in [-0.15, -0.1) is 11.3 Å². The monoisotopic (exact) mass is 932 g/mol. The summed E-state index contributed by atoms with van der Waals surface area (Å²) in [6, 6.07) is 31.2. The van der Waals surface area contributed by atoms with Gasteiger partial charge in [-0.1, -0.05) is 96.2 Å². The Morgan fingerprint density at radius 1 is 0.894 bits per heavy atom. The van der Waals surface area contributed by atoms with E-state index in [2.05, 4.69) is 15.8 Å². The number of β-lactam (4-membered cyclic amide) rings is 1. The summed E-state index contributed by atoms with van der Waals surface area (Å²) in [5.74, 6) is -4.27. The number of carboxylic acid groups (broad SMARTS) is 1. The van der Waals surface area contributed by atoms with Gasteiger partial charge in [-0.2, -0.15) is 0 Å². The Labute approximate surface area is 386 Å². The number of esters is 1. The fraction of sp³-hybridized carbons (Fsp3) is 0.333. The molecule has 4 aliphatic rings. The number of ether oxygens (including phenoxy) is 1. The SMILES string of the molecule is CC(C)(C)OC(=O)C1(ON=C(C(=O)NC2C(=O)N3CC(CN4Cc5cc(O)c(O)cc5C4)(C(=O)O)CS(=O)[C@H]23)c2csc(NC(c3ccccc3)(c3ccccc3)c3ccccc3)n2)CC1. The molecule has 18 heteroatoms. The number of carbonyl (C=O) groups is 4. The first-order valence-electron chi connectivity index (χ1n) is 21.4. The second kappa shape index (κ2) is 17.0. The summed E-state index contributed by atoms with van der Waals surface area (Å²) in [7, 11) is -1.94. The van der Waals surface area contributed by atoms with E-state index in [-0.39, 0.29) is 67.7 Å². The maximum absolute atomic E-state index is 14.5. The van der Waals surface area contributed by atoms with Crippen LogP contribution in [0, 0.1) is 5.41 Å². The first kappa shape index (κ1) is 44.6. The average Bonchev–Trinajstić information content (AvgIpc) is 3.80. The Morgan fingerprint density at radius 2 is 1.44 bits per heavy atom. The second-order valence-electron chi connectivity index (χ2n) is 18.2. The summed E-state index contributed by atoms with van der Waals surface area (Å²) in [5, 5.41) is 42.2. The predicted molar refractivity (Wildman–Crippen MR) is 245 cm³/mol. The Balaban J connectivity index is 0.998. The van der Waals surface area contributed by atoms with Crippen molar-refractivity contribution in [2.75, 3.05) is 24.2 Å². The van der Waals surface area contributed by atoms with E-state index in [1.54, 1.807) is 26.2 Å². The molecule has 2 saturated heterocycles. The number of benzene rings is 4. The molecule has 4 heterocycles. The zero-order valence-corrected chi connectivity index (χ0v) is 37.9. The topological polar surface area (TPSA) is 220 Å². The van der Waals surface area contributed by atoms with Crippen molar-refractivity contribution in [1.29, 1.82) is 0 Å². The normalized spacial score (nSPS) is 22.3. The minimum Gasteiger partial charge on any atom is -0.504 e. The van der Waals surface area contributed by atoms with Crippen LogP contribution in [0.5, 0.6) is 11.5 Å². The number of aliphatic carboxylic acids is 1. The maximum atomic E-state index is 14.5. The first-order chi connectivity index (χ1) is 31.5. The number of thiazole rings is 1. The van der Waals surface area contributed by atoms with E-state index in [0.717, 1.165) is 27.8 Å². The molecule has 3 unspecified atom stereocenters. The van der Waals surface area contributed by atoms with Crippen LogP contribution in [0.1, 0.15) is 67.1 Å². The van der Waals surface area contributed by atoms with Crippen LogP contribution in [0.15, 0.2) is 114 Å². The zero-order chi connectivity index (χ0) is 46.6. The molecule has 1 saturated carbocycles. The van der Waals surface area contributed by atoms with Crippen molar-refractivity contribution in [2.24, 2.45) is 10.6 Å². The van der Waals surface area contributed by atoms with Gasteiger partial charge in [0, 0.05) is 61.0 Å². The van der Waals surface area contributed by atoms with Crippen molar-refractivity contribution >= 4 is 56.7 Å². The van der Waals surface area contributed by atoms with Gasteiger partial charge in [-0.05, 0) is 60.7 Å². The largest absolute Gasteiger partial charge is 0.504 e. The van der Waals surface area contributed by atoms with Gasteiger partial charge in [0.2, 0.25) is 11.5 Å². The van der Waals surface area contributed by atoms with Gasteiger partial charge < -0.3 is 40.4 Å². The van der Waals surface area contributed by atoms with E-state index in [9.17, 15) is 38.7 Å². The third-order valence-electron chi connectivity index (χ3n) is 12.3. The number of hydrogen-bond donors (Lipinski definition) is 5. The molecular formula is C48H48N6O10S2. The van der Waals surface area contributed by atoms with Crippen LogP contribution in [-0.4, -0.2) is 105 Å². The number of aromatic nitrogens is 1. The molecule has 16 nitrogen and oxygen atoms in total. The molecule has 9 rings (SSSR count). The first-order valence-corrected chi connectivity index (χ1v) is 23.7. The maximum Gasteiger partial charge on any atom is 0.353 e. The summed E-state index contributed by atoms with van der Waals surface area (Å²) in [5.41, 5.74) is -0.961. The minimum absolute atomic E-state index is 0.0638. The molecular weight excluding hydrogens is 885 g/mol. The molecule has 66 heavy (non-hydrogen) atoms. The number of fused-ring (bicyclic) bond motifs is 2. The van der Waals surface area contributed by atoms with Crippen molar-refractivity contribution in [3.8, 4) is 11.5 Å². The number of aromatic hydroxyl groups is 2. The number of amides is 2. The van der Waals surface area contributed by atoms with Crippen molar-refractivity contribution in [3.05, 3.63) is 142 Å². The number of rotatable bonds is 14. The van der Waals surface area contributed by atoms with Crippen LogP contribution >= 0.6 is 11.3 Å². The number of nitrogens with zero attached hydrogens (tertiary/aromatic N) is 4. The Hall–Kier alpha value is -6.63. The van der Waals surface area contributed by atoms with Crippen molar-refractivity contribution in [2.45, 2.75) is 74.9 Å². The fourth-order valence-corrected chi connectivity index (χ4v) is 11.6. The van der Waals surface area contributed by atoms with Crippen LogP contribution in [0.4, 0.5) is 5.13 Å². The molecule has 3 fully saturated rings. The summed E-state index contributed by atoms with van der Waals surface area (Å²) < 4.78 is 19.7. The minimum atomic E-state index is -1.94. The summed E-state index contributed by atoms with van der Waals surface area (Å²) in [6.45, 7) is 5.42. The average molecular weight is 933 g/mol. The number of anilines is 1. The number of phenolic OH excluding ortho intramolecular Hbond substituents is 2. The van der Waals surface area contributed by atoms with Crippen LogP contribution in [0.3, 0.4) is 0 Å². The summed E-state index contributed by atoms with van der Waals surface area (Å²) in [4.78, 5) is 68.5. The third kappa shape index (κ3) is 8.28. The summed E-state index contributed by atoms with van der Waals surface area (Å²) >= 11 is 1.20. The Kier molecular flexibility index (Phi) is 11.5. The van der Waals surface area contributed by atoms with E-state index < -0.39 is 68.1 Å². The molecule has 2 amide bonds. The lowest BCUT2D eigenvalue weighted by atomic mass is 9.77. The fourth-order valence-electron chi connectivity index (χ4n) is 8.92. The lowest BCUT2D eigenvalue weighted by Crippen LogP contribution is -2.78. The van der Waals surface area contributed by atoms with Crippen LogP contribution < -0.4 is 10.6 Å². The quantitative estimate of drug-likeness (QED) is 0.0246. The molecule has 0 bridgehead atoms. The predicted octanol–water partition coefficient (Wildman–Crippen LogP) is 5.06. The highest BCUT2D eigenvalue weighted by atomic mass is 32.2. The highest BCUT2D eigenvalue weighted by molar-refractivity contribution is 7.86. The van der Waals surface area contributed by atoms with E-state index in [4.69, 9.17) is 14.6 Å². The van der Waals surface area contributed by atoms with E-state index in [1.165, 1.54) is 28.4 Å². The highest BCUT2D eigenvalue weighted by Crippen LogP contribution is 2.44. The molecule has 0 spiro atoms. The van der Waals surface area contributed by atoms with E-state index >= 15 is 0 Å². The molecule has 0 radical (unpaired) electrons.